The van der Waals surface area contributed by atoms with Crippen LogP contribution in [0.1, 0.15) is 24.8 Å². The zero-order valence-electron chi connectivity index (χ0n) is 12.0. The Labute approximate surface area is 128 Å². The zero-order valence-corrected chi connectivity index (χ0v) is 12.0. The van der Waals surface area contributed by atoms with Crippen LogP contribution in [0.4, 0.5) is 26.3 Å². The molecule has 128 valence electrons. The number of amides is 1. The summed E-state index contributed by atoms with van der Waals surface area (Å²) in [7, 11) is 0. The van der Waals surface area contributed by atoms with Gasteiger partial charge in [-0.3, -0.25) is 4.79 Å². The summed E-state index contributed by atoms with van der Waals surface area (Å²) < 4.78 is 78.5. The van der Waals surface area contributed by atoms with Gasteiger partial charge in [-0.15, -0.1) is 0 Å². The van der Waals surface area contributed by atoms with Crippen molar-refractivity contribution in [2.45, 2.75) is 37.5 Å². The molecule has 3 nitrogen and oxygen atoms in total. The highest BCUT2D eigenvalue weighted by molar-refractivity contribution is 5.83. The first-order chi connectivity index (χ1) is 10.5. The van der Waals surface area contributed by atoms with Crippen LogP contribution in [0, 0.1) is 17.5 Å². The highest BCUT2D eigenvalue weighted by Crippen LogP contribution is 2.36. The van der Waals surface area contributed by atoms with Crippen LogP contribution in [0.3, 0.4) is 0 Å². The van der Waals surface area contributed by atoms with Crippen LogP contribution in [-0.4, -0.2) is 35.6 Å². The highest BCUT2D eigenvalue weighted by atomic mass is 19.4. The van der Waals surface area contributed by atoms with Crippen molar-refractivity contribution in [3.05, 3.63) is 35.1 Å². The van der Waals surface area contributed by atoms with Gasteiger partial charge in [-0.05, 0) is 25.0 Å². The molecule has 1 heterocycles. The minimum Gasteiger partial charge on any atom is -0.329 e. The number of rotatable bonds is 2. The van der Waals surface area contributed by atoms with Gasteiger partial charge in [0.1, 0.15) is 12.4 Å². The van der Waals surface area contributed by atoms with Crippen LogP contribution in [0.5, 0.6) is 0 Å². The van der Waals surface area contributed by atoms with Gasteiger partial charge in [0.2, 0.25) is 5.91 Å². The van der Waals surface area contributed by atoms with E-state index in [9.17, 15) is 31.1 Å². The molecule has 2 N–H and O–H groups in total. The predicted octanol–water partition coefficient (Wildman–Crippen LogP) is 2.70. The molecule has 3 unspecified atom stereocenters. The molecular weight excluding hydrogens is 326 g/mol. The van der Waals surface area contributed by atoms with Crippen LogP contribution in [0.25, 0.3) is 0 Å². The van der Waals surface area contributed by atoms with Crippen LogP contribution in [0.2, 0.25) is 0 Å². The molecule has 0 spiro atoms. The number of halogens is 6. The van der Waals surface area contributed by atoms with Crippen molar-refractivity contribution in [3.63, 3.8) is 0 Å². The monoisotopic (exact) mass is 340 g/mol. The Hall–Kier alpha value is -1.77. The zero-order chi connectivity index (χ0) is 17.5. The Morgan fingerprint density at radius 1 is 1.26 bits per heavy atom. The second kappa shape index (κ2) is 6.03. The third kappa shape index (κ3) is 3.60. The lowest BCUT2D eigenvalue weighted by molar-refractivity contribution is -0.170. The lowest BCUT2D eigenvalue weighted by Crippen LogP contribution is -2.57. The number of alkyl halides is 3. The summed E-state index contributed by atoms with van der Waals surface area (Å²) in [6.07, 6.45) is -4.87. The molecule has 0 bridgehead atoms. The fraction of sp³-hybridized carbons (Fsp3) is 0.500. The molecule has 1 fully saturated rings. The number of piperidine rings is 1. The minimum absolute atomic E-state index is 0.200. The van der Waals surface area contributed by atoms with E-state index in [0.717, 1.165) is 0 Å². The molecule has 0 aliphatic carbocycles. The van der Waals surface area contributed by atoms with Gasteiger partial charge in [0, 0.05) is 18.0 Å². The van der Waals surface area contributed by atoms with Gasteiger partial charge in [0.25, 0.3) is 0 Å². The molecule has 0 radical (unpaired) electrons. The number of nitrogens with two attached hydrogens (primary N) is 1. The van der Waals surface area contributed by atoms with E-state index >= 15 is 0 Å². The van der Waals surface area contributed by atoms with Gasteiger partial charge in [-0.2, -0.15) is 13.2 Å². The largest absolute Gasteiger partial charge is 0.406 e. The van der Waals surface area contributed by atoms with Gasteiger partial charge in [0.05, 0.1) is 6.04 Å². The molecule has 0 aromatic heterocycles. The number of nitrogens with zero attached hydrogens (tertiary/aromatic N) is 1. The number of carbonyl (C=O) groups excluding carboxylic acids is 1. The molecule has 1 aromatic rings. The normalized spacial score (nSPS) is 25.8. The van der Waals surface area contributed by atoms with Gasteiger partial charge in [0.15, 0.2) is 11.6 Å². The second-order valence-electron chi connectivity index (χ2n) is 5.56. The Bertz CT molecular complexity index is 618. The Morgan fingerprint density at radius 3 is 2.43 bits per heavy atom. The lowest BCUT2D eigenvalue weighted by atomic mass is 9.81. The fourth-order valence-electron chi connectivity index (χ4n) is 2.85. The average molecular weight is 340 g/mol. The van der Waals surface area contributed by atoms with E-state index in [1.165, 1.54) is 6.92 Å². The van der Waals surface area contributed by atoms with Crippen LogP contribution >= 0.6 is 0 Å². The second-order valence-corrected chi connectivity index (χ2v) is 5.56. The van der Waals surface area contributed by atoms with Crippen molar-refractivity contribution in [2.75, 3.05) is 6.54 Å². The predicted molar refractivity (Wildman–Crippen MR) is 68.9 cm³/mol. The SMILES string of the molecule is CC1C(c2cc(F)cc(F)c2F)CC(N)C(=O)N1CC(F)(F)F. The first kappa shape index (κ1) is 17.6. The summed E-state index contributed by atoms with van der Waals surface area (Å²) in [6.45, 7) is -0.293. The van der Waals surface area contributed by atoms with E-state index in [-0.39, 0.29) is 6.42 Å². The highest BCUT2D eigenvalue weighted by Gasteiger charge is 2.44. The first-order valence-electron chi connectivity index (χ1n) is 6.78. The van der Waals surface area contributed by atoms with E-state index < -0.39 is 59.6 Å². The van der Waals surface area contributed by atoms with Gasteiger partial charge < -0.3 is 10.6 Å². The molecule has 3 atom stereocenters. The molecule has 0 saturated carbocycles. The minimum atomic E-state index is -4.67. The number of likely N-dealkylation sites (tertiary alicyclic amines) is 1. The van der Waals surface area contributed by atoms with E-state index in [1.54, 1.807) is 0 Å². The first-order valence-corrected chi connectivity index (χ1v) is 6.78. The summed E-state index contributed by atoms with van der Waals surface area (Å²) >= 11 is 0. The molecule has 1 aliphatic rings. The van der Waals surface area contributed by atoms with Crippen molar-refractivity contribution in [3.8, 4) is 0 Å². The van der Waals surface area contributed by atoms with Crippen molar-refractivity contribution in [2.24, 2.45) is 5.73 Å². The summed E-state index contributed by atoms with van der Waals surface area (Å²) in [5, 5.41) is 0. The maximum atomic E-state index is 13.9. The van der Waals surface area contributed by atoms with Crippen molar-refractivity contribution < 1.29 is 31.1 Å². The summed E-state index contributed by atoms with van der Waals surface area (Å²) in [5.74, 6) is -5.82. The summed E-state index contributed by atoms with van der Waals surface area (Å²) in [6, 6.07) is -1.36. The van der Waals surface area contributed by atoms with Gasteiger partial charge in [-0.1, -0.05) is 0 Å². The Balaban J connectivity index is 2.42. The van der Waals surface area contributed by atoms with Crippen LogP contribution in [0.15, 0.2) is 12.1 Å². The van der Waals surface area contributed by atoms with Gasteiger partial charge in [-0.25, -0.2) is 13.2 Å². The lowest BCUT2D eigenvalue weighted by Gasteiger charge is -2.42. The van der Waals surface area contributed by atoms with Crippen molar-refractivity contribution in [1.29, 1.82) is 0 Å². The Morgan fingerprint density at radius 2 is 1.87 bits per heavy atom. The van der Waals surface area contributed by atoms with E-state index in [1.807, 2.05) is 0 Å². The maximum absolute atomic E-state index is 13.9. The number of hydrogen-bond acceptors (Lipinski definition) is 2. The van der Waals surface area contributed by atoms with Gasteiger partial charge >= 0.3 is 6.18 Å². The van der Waals surface area contributed by atoms with E-state index in [0.29, 0.717) is 17.0 Å². The molecule has 1 saturated heterocycles. The number of hydrogen-bond donors (Lipinski definition) is 1. The maximum Gasteiger partial charge on any atom is 0.406 e. The third-order valence-corrected chi connectivity index (χ3v) is 3.95. The third-order valence-electron chi connectivity index (χ3n) is 3.95. The van der Waals surface area contributed by atoms with Crippen molar-refractivity contribution >= 4 is 5.91 Å². The summed E-state index contributed by atoms with van der Waals surface area (Å²) in [4.78, 5) is 12.3. The topological polar surface area (TPSA) is 46.3 Å². The molecule has 1 aliphatic heterocycles. The molecule has 1 amide bonds. The van der Waals surface area contributed by atoms with E-state index in [2.05, 4.69) is 0 Å². The standard InChI is InChI=1S/C14H14F6N2O/c1-6-8(9-2-7(15)3-10(16)12(9)17)4-11(21)13(23)22(6)5-14(18,19)20/h2-3,6,8,11H,4-5,21H2,1H3. The molecular formula is C14H14F6N2O. The fourth-order valence-corrected chi connectivity index (χ4v) is 2.85. The Kier molecular flexibility index (Phi) is 4.61. The van der Waals surface area contributed by atoms with Crippen LogP contribution < -0.4 is 5.73 Å². The number of benzene rings is 1. The number of carbonyl (C=O) groups is 1. The quantitative estimate of drug-likeness (QED) is 0.665. The summed E-state index contributed by atoms with van der Waals surface area (Å²) in [5.41, 5.74) is 5.11. The smallest absolute Gasteiger partial charge is 0.329 e. The average Bonchev–Trinajstić information content (AvgIpc) is 2.42. The molecule has 1 aromatic carbocycles. The molecule has 23 heavy (non-hydrogen) atoms. The molecule has 2 rings (SSSR count). The molecule has 9 heteroatoms. The van der Waals surface area contributed by atoms with Crippen molar-refractivity contribution in [1.82, 2.24) is 4.90 Å². The van der Waals surface area contributed by atoms with E-state index in [4.69, 9.17) is 5.73 Å². The van der Waals surface area contributed by atoms with Crippen LogP contribution in [-0.2, 0) is 4.79 Å².